The summed E-state index contributed by atoms with van der Waals surface area (Å²) < 4.78 is 5.93. The molecule has 1 rings (SSSR count). The van der Waals surface area contributed by atoms with Crippen molar-refractivity contribution in [2.75, 3.05) is 0 Å². The van der Waals surface area contributed by atoms with Gasteiger partial charge in [-0.1, -0.05) is 104 Å². The lowest BCUT2D eigenvalue weighted by Crippen LogP contribution is -2.35. The van der Waals surface area contributed by atoms with Crippen molar-refractivity contribution in [1.29, 1.82) is 0 Å². The molecule has 4 nitrogen and oxygen atoms in total. The second-order valence-electron chi connectivity index (χ2n) is 9.71. The van der Waals surface area contributed by atoms with E-state index < -0.39 is 17.8 Å². The highest BCUT2D eigenvalue weighted by Gasteiger charge is 2.37. The molecule has 1 aliphatic carbocycles. The summed E-state index contributed by atoms with van der Waals surface area (Å²) >= 11 is 0. The Kier molecular flexibility index (Phi) is 16.7. The monoisotopic (exact) mass is 438 g/mol. The maximum absolute atomic E-state index is 12.8. The van der Waals surface area contributed by atoms with Gasteiger partial charge in [-0.3, -0.25) is 9.59 Å². The summed E-state index contributed by atoms with van der Waals surface area (Å²) in [5.74, 6) is -2.09. The first-order chi connectivity index (χ1) is 15.1. The van der Waals surface area contributed by atoms with Crippen LogP contribution in [0.4, 0.5) is 0 Å². The first-order valence-corrected chi connectivity index (χ1v) is 13.5. The molecule has 0 radical (unpaired) electrons. The van der Waals surface area contributed by atoms with Crippen molar-refractivity contribution < 1.29 is 19.4 Å². The standard InChI is InChI=1S/C27H50O4/c1-3-5-7-9-10-11-12-13-14-16-20-23(19-15-8-6-4-2)31-27(30)25-22-18-17-21-24(25)26(28)29/h23-25H,3-22H2,1-2H3,(H,28,29). The Labute approximate surface area is 191 Å². The fourth-order valence-electron chi connectivity index (χ4n) is 4.88. The van der Waals surface area contributed by atoms with Crippen LogP contribution < -0.4 is 0 Å². The Bertz CT molecular complexity index is 462. The van der Waals surface area contributed by atoms with E-state index in [4.69, 9.17) is 4.74 Å². The highest BCUT2D eigenvalue weighted by atomic mass is 16.5. The fourth-order valence-corrected chi connectivity index (χ4v) is 4.88. The summed E-state index contributed by atoms with van der Waals surface area (Å²) in [5.41, 5.74) is 0. The second-order valence-corrected chi connectivity index (χ2v) is 9.71. The average molecular weight is 439 g/mol. The van der Waals surface area contributed by atoms with Gasteiger partial charge in [0.2, 0.25) is 0 Å². The summed E-state index contributed by atoms with van der Waals surface area (Å²) in [7, 11) is 0. The van der Waals surface area contributed by atoms with Gasteiger partial charge in [0.05, 0.1) is 11.8 Å². The zero-order valence-corrected chi connectivity index (χ0v) is 20.5. The van der Waals surface area contributed by atoms with Crippen LogP contribution in [0.5, 0.6) is 0 Å². The molecular formula is C27H50O4. The quantitative estimate of drug-likeness (QED) is 0.163. The molecule has 0 aliphatic heterocycles. The maximum atomic E-state index is 12.8. The lowest BCUT2D eigenvalue weighted by Gasteiger charge is -2.29. The van der Waals surface area contributed by atoms with E-state index >= 15 is 0 Å². The third-order valence-electron chi connectivity index (χ3n) is 6.93. The third-order valence-corrected chi connectivity index (χ3v) is 6.93. The lowest BCUT2D eigenvalue weighted by atomic mass is 9.79. The van der Waals surface area contributed by atoms with E-state index in [1.807, 2.05) is 0 Å². The van der Waals surface area contributed by atoms with Gasteiger partial charge >= 0.3 is 11.9 Å². The Morgan fingerprint density at radius 2 is 1.13 bits per heavy atom. The van der Waals surface area contributed by atoms with Crippen LogP contribution in [0, 0.1) is 11.8 Å². The Morgan fingerprint density at radius 1 is 0.710 bits per heavy atom. The van der Waals surface area contributed by atoms with Crippen molar-refractivity contribution in [3.8, 4) is 0 Å². The van der Waals surface area contributed by atoms with Crippen LogP contribution in [0.25, 0.3) is 0 Å². The van der Waals surface area contributed by atoms with Crippen LogP contribution in [-0.4, -0.2) is 23.1 Å². The molecule has 0 saturated heterocycles. The fraction of sp³-hybridized carbons (Fsp3) is 0.926. The van der Waals surface area contributed by atoms with Gasteiger partial charge in [0.15, 0.2) is 0 Å². The van der Waals surface area contributed by atoms with Crippen molar-refractivity contribution in [2.24, 2.45) is 11.8 Å². The minimum Gasteiger partial charge on any atom is -0.481 e. The van der Waals surface area contributed by atoms with Crippen LogP contribution in [0.15, 0.2) is 0 Å². The summed E-state index contributed by atoms with van der Waals surface area (Å²) in [5, 5.41) is 9.49. The van der Waals surface area contributed by atoms with Crippen molar-refractivity contribution >= 4 is 11.9 Å². The molecule has 3 atom stereocenters. The number of hydrogen-bond donors (Lipinski definition) is 1. The number of esters is 1. The van der Waals surface area contributed by atoms with Gasteiger partial charge in [0.1, 0.15) is 6.10 Å². The molecule has 0 aromatic heterocycles. The Hall–Kier alpha value is -1.06. The normalized spacial score (nSPS) is 19.8. The molecule has 0 aromatic rings. The van der Waals surface area contributed by atoms with Crippen LogP contribution in [0.2, 0.25) is 0 Å². The van der Waals surface area contributed by atoms with Gasteiger partial charge < -0.3 is 9.84 Å². The number of rotatable bonds is 19. The van der Waals surface area contributed by atoms with E-state index in [0.29, 0.717) is 12.8 Å². The van der Waals surface area contributed by atoms with Gasteiger partial charge in [-0.25, -0.2) is 0 Å². The first-order valence-electron chi connectivity index (χ1n) is 13.5. The number of carbonyl (C=O) groups is 2. The van der Waals surface area contributed by atoms with E-state index in [1.54, 1.807) is 0 Å². The zero-order valence-electron chi connectivity index (χ0n) is 20.5. The number of carboxylic acids is 1. The van der Waals surface area contributed by atoms with E-state index in [2.05, 4.69) is 13.8 Å². The molecule has 0 amide bonds. The van der Waals surface area contributed by atoms with Crippen LogP contribution in [-0.2, 0) is 14.3 Å². The van der Waals surface area contributed by atoms with Gasteiger partial charge in [0.25, 0.3) is 0 Å². The summed E-state index contributed by atoms with van der Waals surface area (Å²) in [6.45, 7) is 4.46. The third kappa shape index (κ3) is 13.2. The minimum atomic E-state index is -0.837. The molecule has 0 bridgehead atoms. The molecule has 1 fully saturated rings. The lowest BCUT2D eigenvalue weighted by molar-refractivity contribution is -0.164. The predicted octanol–water partition coefficient (Wildman–Crippen LogP) is 8.07. The predicted molar refractivity (Wildman–Crippen MR) is 128 cm³/mol. The van der Waals surface area contributed by atoms with Gasteiger partial charge in [0, 0.05) is 0 Å². The molecule has 1 aliphatic rings. The van der Waals surface area contributed by atoms with Crippen LogP contribution in [0.3, 0.4) is 0 Å². The minimum absolute atomic E-state index is 0.0326. The highest BCUT2D eigenvalue weighted by Crippen LogP contribution is 2.32. The van der Waals surface area contributed by atoms with Gasteiger partial charge in [-0.15, -0.1) is 0 Å². The molecular weight excluding hydrogens is 388 g/mol. The number of ether oxygens (including phenoxy) is 1. The van der Waals surface area contributed by atoms with Gasteiger partial charge in [-0.2, -0.15) is 0 Å². The number of carbonyl (C=O) groups excluding carboxylic acids is 1. The molecule has 182 valence electrons. The molecule has 0 heterocycles. The number of unbranched alkanes of at least 4 members (excludes halogenated alkanes) is 12. The van der Waals surface area contributed by atoms with Crippen molar-refractivity contribution in [1.82, 2.24) is 0 Å². The molecule has 3 unspecified atom stereocenters. The average Bonchev–Trinajstić information content (AvgIpc) is 2.77. The second kappa shape index (κ2) is 18.5. The van der Waals surface area contributed by atoms with Gasteiger partial charge in [-0.05, 0) is 38.5 Å². The van der Waals surface area contributed by atoms with E-state index in [9.17, 15) is 14.7 Å². The van der Waals surface area contributed by atoms with E-state index in [-0.39, 0.29) is 12.1 Å². The highest BCUT2D eigenvalue weighted by molar-refractivity contribution is 5.81. The number of aliphatic carboxylic acids is 1. The summed E-state index contributed by atoms with van der Waals surface area (Å²) in [4.78, 5) is 24.4. The molecule has 31 heavy (non-hydrogen) atoms. The molecule has 0 spiro atoms. The summed E-state index contributed by atoms with van der Waals surface area (Å²) in [6, 6.07) is 0. The topological polar surface area (TPSA) is 63.6 Å². The summed E-state index contributed by atoms with van der Waals surface area (Å²) in [6.07, 6.45) is 22.7. The largest absolute Gasteiger partial charge is 0.481 e. The van der Waals surface area contributed by atoms with E-state index in [0.717, 1.165) is 38.5 Å². The SMILES string of the molecule is CCCCCCCCCCCCC(CCCCCC)OC(=O)C1CCCCC1C(=O)O. The molecule has 4 heteroatoms. The molecule has 0 aromatic carbocycles. The molecule has 1 saturated carbocycles. The van der Waals surface area contributed by atoms with E-state index in [1.165, 1.54) is 77.0 Å². The van der Waals surface area contributed by atoms with Crippen molar-refractivity contribution in [3.05, 3.63) is 0 Å². The van der Waals surface area contributed by atoms with Crippen molar-refractivity contribution in [2.45, 2.75) is 148 Å². The number of carboxylic acid groups (broad SMARTS) is 1. The first kappa shape index (κ1) is 28.0. The van der Waals surface area contributed by atoms with Crippen LogP contribution >= 0.6 is 0 Å². The smallest absolute Gasteiger partial charge is 0.310 e. The Balaban J connectivity index is 2.35. The Morgan fingerprint density at radius 3 is 1.61 bits per heavy atom. The molecule has 1 N–H and O–H groups in total. The zero-order chi connectivity index (χ0) is 22.7. The van der Waals surface area contributed by atoms with Crippen LogP contribution in [0.1, 0.15) is 142 Å². The number of hydrogen-bond acceptors (Lipinski definition) is 3. The van der Waals surface area contributed by atoms with Crippen molar-refractivity contribution in [3.63, 3.8) is 0 Å². The maximum Gasteiger partial charge on any atom is 0.310 e.